The molecule has 1 amide bonds. The van der Waals surface area contributed by atoms with E-state index in [0.717, 1.165) is 25.9 Å². The van der Waals surface area contributed by atoms with Gasteiger partial charge in [-0.05, 0) is 50.2 Å². The molecule has 2 aromatic rings. The number of nitrogens with zero attached hydrogens (tertiary/aromatic N) is 3. The second-order valence-electron chi connectivity index (χ2n) is 6.19. The standard InChI is InChI=1S/C17H22FN5O3.ClH/c18-12-1-3-15(4-2-12)26-11-14(24)9-20-17(25)16-10-23(22-21-16)13-5-7-19-8-6-13;/h1-4,10,13-14,19,24H,5-9,11H2,(H,20,25);1H. The van der Waals surface area contributed by atoms with Crippen LogP contribution in [0.3, 0.4) is 0 Å². The maximum atomic E-state index is 12.8. The Kier molecular flexibility index (Phi) is 7.96. The van der Waals surface area contributed by atoms with Crippen LogP contribution in [-0.4, -0.2) is 58.4 Å². The number of aliphatic hydroxyl groups excluding tert-OH is 1. The Hall–Kier alpha value is -2.23. The molecule has 1 unspecified atom stereocenters. The zero-order valence-corrected chi connectivity index (χ0v) is 15.5. The fourth-order valence-corrected chi connectivity index (χ4v) is 2.71. The van der Waals surface area contributed by atoms with E-state index in [0.29, 0.717) is 5.75 Å². The van der Waals surface area contributed by atoms with E-state index in [4.69, 9.17) is 4.74 Å². The lowest BCUT2D eigenvalue weighted by Gasteiger charge is -2.22. The van der Waals surface area contributed by atoms with Crippen LogP contribution in [0.1, 0.15) is 29.4 Å². The quantitative estimate of drug-likeness (QED) is 0.640. The summed E-state index contributed by atoms with van der Waals surface area (Å²) in [5.74, 6) is -0.310. The van der Waals surface area contributed by atoms with Gasteiger partial charge in [-0.15, -0.1) is 17.5 Å². The smallest absolute Gasteiger partial charge is 0.273 e. The van der Waals surface area contributed by atoms with E-state index in [1.165, 1.54) is 24.3 Å². The molecule has 1 aromatic heterocycles. The number of hydrogen-bond donors (Lipinski definition) is 3. The van der Waals surface area contributed by atoms with Crippen LogP contribution in [0.2, 0.25) is 0 Å². The largest absolute Gasteiger partial charge is 0.491 e. The van der Waals surface area contributed by atoms with Crippen LogP contribution >= 0.6 is 12.4 Å². The number of rotatable bonds is 7. The monoisotopic (exact) mass is 399 g/mol. The molecule has 0 spiro atoms. The predicted octanol–water partition coefficient (Wildman–Crippen LogP) is 0.933. The summed E-state index contributed by atoms with van der Waals surface area (Å²) in [6.45, 7) is 1.84. The average Bonchev–Trinajstić information content (AvgIpc) is 3.17. The first-order chi connectivity index (χ1) is 12.6. The van der Waals surface area contributed by atoms with Crippen LogP contribution in [0, 0.1) is 5.82 Å². The van der Waals surface area contributed by atoms with E-state index in [1.54, 1.807) is 10.9 Å². The highest BCUT2D eigenvalue weighted by molar-refractivity contribution is 5.91. The molecule has 1 saturated heterocycles. The summed E-state index contributed by atoms with van der Waals surface area (Å²) in [5, 5.41) is 23.7. The molecule has 3 rings (SSSR count). The number of halogens is 2. The summed E-state index contributed by atoms with van der Waals surface area (Å²) in [7, 11) is 0. The Labute approximate surface area is 162 Å². The molecule has 2 heterocycles. The van der Waals surface area contributed by atoms with Gasteiger partial charge in [0.05, 0.1) is 12.2 Å². The highest BCUT2D eigenvalue weighted by atomic mass is 35.5. The van der Waals surface area contributed by atoms with E-state index in [2.05, 4.69) is 20.9 Å². The molecular formula is C17H23ClFN5O3. The molecule has 0 saturated carbocycles. The number of nitrogens with one attached hydrogen (secondary N) is 2. The molecule has 0 aliphatic carbocycles. The summed E-state index contributed by atoms with van der Waals surface area (Å²) < 4.78 is 19.9. The van der Waals surface area contributed by atoms with Gasteiger partial charge in [0.15, 0.2) is 5.69 Å². The number of ether oxygens (including phenoxy) is 1. The van der Waals surface area contributed by atoms with E-state index in [1.807, 2.05) is 0 Å². The Morgan fingerprint density at radius 3 is 2.78 bits per heavy atom. The highest BCUT2D eigenvalue weighted by Crippen LogP contribution is 2.17. The van der Waals surface area contributed by atoms with Gasteiger partial charge in [0, 0.05) is 6.54 Å². The molecule has 0 bridgehead atoms. The number of aromatic nitrogens is 3. The lowest BCUT2D eigenvalue weighted by molar-refractivity contribution is 0.0839. The van der Waals surface area contributed by atoms with Crippen molar-refractivity contribution in [2.45, 2.75) is 25.0 Å². The summed E-state index contributed by atoms with van der Waals surface area (Å²) >= 11 is 0. The van der Waals surface area contributed by atoms with Crippen LogP contribution in [0.4, 0.5) is 4.39 Å². The van der Waals surface area contributed by atoms with Gasteiger partial charge in [-0.25, -0.2) is 9.07 Å². The second-order valence-corrected chi connectivity index (χ2v) is 6.19. The van der Waals surface area contributed by atoms with Crippen molar-refractivity contribution in [2.24, 2.45) is 0 Å². The fourth-order valence-electron chi connectivity index (χ4n) is 2.71. The number of piperidine rings is 1. The summed E-state index contributed by atoms with van der Waals surface area (Å²) in [6.07, 6.45) is 2.63. The molecule has 1 aromatic carbocycles. The predicted molar refractivity (Wildman–Crippen MR) is 98.6 cm³/mol. The lowest BCUT2D eigenvalue weighted by atomic mass is 10.1. The molecule has 1 atom stereocenters. The van der Waals surface area contributed by atoms with Crippen molar-refractivity contribution >= 4 is 18.3 Å². The molecule has 1 fully saturated rings. The van der Waals surface area contributed by atoms with Crippen LogP contribution in [0.15, 0.2) is 30.5 Å². The van der Waals surface area contributed by atoms with Gasteiger partial charge in [-0.3, -0.25) is 4.79 Å². The van der Waals surface area contributed by atoms with Gasteiger partial charge >= 0.3 is 0 Å². The minimum atomic E-state index is -0.900. The minimum absolute atomic E-state index is 0. The number of carbonyl (C=O) groups excluding carboxylic acids is 1. The first kappa shape index (κ1) is 21.1. The van der Waals surface area contributed by atoms with Gasteiger partial charge in [-0.2, -0.15) is 0 Å². The maximum Gasteiger partial charge on any atom is 0.273 e. The van der Waals surface area contributed by atoms with Crippen LogP contribution in [0.25, 0.3) is 0 Å². The van der Waals surface area contributed by atoms with Gasteiger partial charge in [-0.1, -0.05) is 5.21 Å². The van der Waals surface area contributed by atoms with Crippen LogP contribution in [0.5, 0.6) is 5.75 Å². The van der Waals surface area contributed by atoms with Crippen molar-refractivity contribution in [1.82, 2.24) is 25.6 Å². The van der Waals surface area contributed by atoms with Crippen molar-refractivity contribution in [2.75, 3.05) is 26.2 Å². The molecule has 148 valence electrons. The molecule has 0 radical (unpaired) electrons. The second kappa shape index (κ2) is 10.2. The van der Waals surface area contributed by atoms with E-state index >= 15 is 0 Å². The van der Waals surface area contributed by atoms with E-state index < -0.39 is 12.0 Å². The van der Waals surface area contributed by atoms with Crippen molar-refractivity contribution in [3.05, 3.63) is 42.0 Å². The summed E-state index contributed by atoms with van der Waals surface area (Å²) in [5.41, 5.74) is 0.218. The summed E-state index contributed by atoms with van der Waals surface area (Å²) in [4.78, 5) is 12.1. The van der Waals surface area contributed by atoms with Crippen LogP contribution < -0.4 is 15.4 Å². The highest BCUT2D eigenvalue weighted by Gasteiger charge is 2.19. The number of carbonyl (C=O) groups is 1. The van der Waals surface area contributed by atoms with Crippen molar-refractivity contribution in [1.29, 1.82) is 0 Å². The lowest BCUT2D eigenvalue weighted by Crippen LogP contribution is -2.35. The topological polar surface area (TPSA) is 101 Å². The van der Waals surface area contributed by atoms with Crippen LogP contribution in [-0.2, 0) is 0 Å². The third kappa shape index (κ3) is 6.16. The maximum absolute atomic E-state index is 12.8. The normalized spacial score (nSPS) is 15.6. The van der Waals surface area contributed by atoms with Crippen molar-refractivity contribution < 1.29 is 19.0 Å². The third-order valence-corrected chi connectivity index (χ3v) is 4.18. The molecule has 1 aliphatic heterocycles. The van der Waals surface area contributed by atoms with E-state index in [-0.39, 0.29) is 43.1 Å². The number of amides is 1. The van der Waals surface area contributed by atoms with Crippen molar-refractivity contribution in [3.63, 3.8) is 0 Å². The average molecular weight is 400 g/mol. The first-order valence-corrected chi connectivity index (χ1v) is 8.59. The number of benzene rings is 1. The minimum Gasteiger partial charge on any atom is -0.491 e. The number of aliphatic hydroxyl groups is 1. The zero-order chi connectivity index (χ0) is 18.4. The van der Waals surface area contributed by atoms with Gasteiger partial charge in [0.1, 0.15) is 24.3 Å². The molecule has 27 heavy (non-hydrogen) atoms. The Bertz CT molecular complexity index is 722. The van der Waals surface area contributed by atoms with Gasteiger partial charge in [0.2, 0.25) is 0 Å². The molecule has 1 aliphatic rings. The third-order valence-electron chi connectivity index (χ3n) is 4.18. The zero-order valence-electron chi connectivity index (χ0n) is 14.7. The van der Waals surface area contributed by atoms with Crippen molar-refractivity contribution in [3.8, 4) is 5.75 Å². The SMILES string of the molecule is Cl.O=C(NCC(O)COc1ccc(F)cc1)c1cn(C2CCNCC2)nn1. The summed E-state index contributed by atoms with van der Waals surface area (Å²) in [6, 6.07) is 5.74. The van der Waals surface area contributed by atoms with E-state index in [9.17, 15) is 14.3 Å². The molecule has 8 nitrogen and oxygen atoms in total. The Morgan fingerprint density at radius 2 is 2.07 bits per heavy atom. The Balaban J connectivity index is 0.00000261. The molecule has 3 N–H and O–H groups in total. The molecule has 10 heteroatoms. The fraction of sp³-hybridized carbons (Fsp3) is 0.471. The van der Waals surface area contributed by atoms with Gasteiger partial charge < -0.3 is 20.5 Å². The molecular weight excluding hydrogens is 377 g/mol. The van der Waals surface area contributed by atoms with Gasteiger partial charge in [0.25, 0.3) is 5.91 Å². The first-order valence-electron chi connectivity index (χ1n) is 8.59. The number of hydrogen-bond acceptors (Lipinski definition) is 6. The Morgan fingerprint density at radius 1 is 1.37 bits per heavy atom.